The Kier molecular flexibility index (Phi) is 6.13. The summed E-state index contributed by atoms with van der Waals surface area (Å²) in [5, 5.41) is 11.4. The molecule has 0 bridgehead atoms. The van der Waals surface area contributed by atoms with Gasteiger partial charge in [-0.3, -0.25) is 5.10 Å². The van der Waals surface area contributed by atoms with Crippen molar-refractivity contribution < 1.29 is 9.13 Å². The number of rotatable bonds is 7. The summed E-state index contributed by atoms with van der Waals surface area (Å²) in [6.07, 6.45) is 2.21. The molecule has 0 aliphatic heterocycles. The Hall–Kier alpha value is -2.80. The molecule has 0 atom stereocenters. The molecule has 0 radical (unpaired) electrons. The minimum Gasteiger partial charge on any atom is -0.493 e. The first-order chi connectivity index (χ1) is 13.0. The molecule has 3 rings (SSSR count). The van der Waals surface area contributed by atoms with Crippen LogP contribution in [0.4, 0.5) is 4.39 Å². The summed E-state index contributed by atoms with van der Waals surface area (Å²) in [4.78, 5) is 0. The van der Waals surface area contributed by atoms with Gasteiger partial charge in [-0.05, 0) is 65.7 Å². The molecule has 5 nitrogen and oxygen atoms in total. The summed E-state index contributed by atoms with van der Waals surface area (Å²) in [7, 11) is 0. The maximum absolute atomic E-state index is 13.1. The Balaban J connectivity index is 1.72. The van der Waals surface area contributed by atoms with E-state index in [2.05, 4.69) is 29.1 Å². The molecule has 0 saturated carbocycles. The molecular formula is C20H21FN4OS. The van der Waals surface area contributed by atoms with Crippen LogP contribution in [-0.4, -0.2) is 27.7 Å². The largest absolute Gasteiger partial charge is 0.493 e. The third-order valence-corrected chi connectivity index (χ3v) is 4.04. The maximum Gasteiger partial charge on any atom is 0.216 e. The second-order valence-corrected chi connectivity index (χ2v) is 6.97. The summed E-state index contributed by atoms with van der Waals surface area (Å²) >= 11 is 5.26. The smallest absolute Gasteiger partial charge is 0.216 e. The van der Waals surface area contributed by atoms with Crippen molar-refractivity contribution in [1.29, 1.82) is 0 Å². The van der Waals surface area contributed by atoms with Crippen LogP contribution in [0.15, 0.2) is 53.6 Å². The van der Waals surface area contributed by atoms with Crippen LogP contribution in [0, 0.1) is 16.5 Å². The van der Waals surface area contributed by atoms with Gasteiger partial charge in [-0.2, -0.15) is 14.9 Å². The minimum absolute atomic E-state index is 0.267. The second kappa shape index (κ2) is 8.73. The summed E-state index contributed by atoms with van der Waals surface area (Å²) in [5.74, 6) is 1.70. The molecule has 3 aromatic rings. The molecule has 140 valence electrons. The average molecular weight is 384 g/mol. The fourth-order valence-corrected chi connectivity index (χ4v) is 2.58. The Morgan fingerprint density at radius 1 is 1.19 bits per heavy atom. The van der Waals surface area contributed by atoms with Crippen molar-refractivity contribution in [3.63, 3.8) is 0 Å². The highest BCUT2D eigenvalue weighted by atomic mass is 32.1. The van der Waals surface area contributed by atoms with Gasteiger partial charge in [0, 0.05) is 6.42 Å². The number of ether oxygens (including phenoxy) is 1. The fourth-order valence-electron chi connectivity index (χ4n) is 2.38. The fraction of sp³-hybridized carbons (Fsp3) is 0.250. The zero-order valence-electron chi connectivity index (χ0n) is 15.2. The van der Waals surface area contributed by atoms with Gasteiger partial charge in [0.25, 0.3) is 0 Å². The van der Waals surface area contributed by atoms with Gasteiger partial charge in [-0.15, -0.1) is 0 Å². The molecule has 1 N–H and O–H groups in total. The van der Waals surface area contributed by atoms with Gasteiger partial charge in [0.1, 0.15) is 11.6 Å². The molecule has 0 fully saturated rings. The highest BCUT2D eigenvalue weighted by Gasteiger charge is 2.06. The van der Waals surface area contributed by atoms with Crippen molar-refractivity contribution in [2.24, 2.45) is 11.0 Å². The number of hydrogen-bond acceptors (Lipinski definition) is 4. The van der Waals surface area contributed by atoms with E-state index in [0.717, 1.165) is 16.9 Å². The van der Waals surface area contributed by atoms with Crippen LogP contribution in [0.1, 0.15) is 30.8 Å². The van der Waals surface area contributed by atoms with E-state index in [1.165, 1.54) is 12.1 Å². The number of aromatic amines is 1. The molecule has 0 aliphatic carbocycles. The van der Waals surface area contributed by atoms with Crippen LogP contribution >= 0.6 is 12.2 Å². The summed E-state index contributed by atoms with van der Waals surface area (Å²) in [5.41, 5.74) is 1.84. The van der Waals surface area contributed by atoms with Crippen molar-refractivity contribution in [3.05, 3.63) is 76.1 Å². The van der Waals surface area contributed by atoms with Crippen molar-refractivity contribution in [1.82, 2.24) is 14.9 Å². The summed E-state index contributed by atoms with van der Waals surface area (Å²) in [6.45, 7) is 4.91. The predicted molar refractivity (Wildman–Crippen MR) is 106 cm³/mol. The molecule has 7 heteroatoms. The first kappa shape index (κ1) is 19.0. The van der Waals surface area contributed by atoms with Gasteiger partial charge >= 0.3 is 0 Å². The Morgan fingerprint density at radius 2 is 1.89 bits per heavy atom. The topological polar surface area (TPSA) is 55.2 Å². The zero-order chi connectivity index (χ0) is 19.2. The number of nitrogens with zero attached hydrogens (tertiary/aromatic N) is 3. The second-order valence-electron chi connectivity index (χ2n) is 6.58. The van der Waals surface area contributed by atoms with Crippen molar-refractivity contribution in [2.45, 2.75) is 20.3 Å². The number of aromatic nitrogens is 3. The van der Waals surface area contributed by atoms with E-state index in [9.17, 15) is 4.39 Å². The van der Waals surface area contributed by atoms with Gasteiger partial charge in [-0.25, -0.2) is 4.39 Å². The van der Waals surface area contributed by atoms with E-state index in [-0.39, 0.29) is 5.82 Å². The summed E-state index contributed by atoms with van der Waals surface area (Å²) in [6, 6.07) is 14.0. The first-order valence-electron chi connectivity index (χ1n) is 8.69. The Morgan fingerprint density at radius 3 is 2.56 bits per heavy atom. The lowest BCUT2D eigenvalue weighted by atomic mass is 10.1. The van der Waals surface area contributed by atoms with Crippen LogP contribution in [0.2, 0.25) is 0 Å². The molecule has 0 saturated heterocycles. The number of H-pyrrole nitrogens is 1. The van der Waals surface area contributed by atoms with Crippen molar-refractivity contribution >= 4 is 18.4 Å². The van der Waals surface area contributed by atoms with Crippen molar-refractivity contribution in [3.8, 4) is 5.75 Å². The third-order valence-electron chi connectivity index (χ3n) is 3.78. The minimum atomic E-state index is -0.267. The number of hydrogen-bond donors (Lipinski definition) is 1. The number of halogens is 1. The molecule has 0 aliphatic rings. The molecule has 2 aromatic carbocycles. The standard InChI is InChI=1S/C20H21FN4OS/c1-14(2)13-26-18-9-5-16(6-10-18)12-22-25-19(23-24-20(25)27)11-15-3-7-17(21)8-4-15/h3-10,12,14H,11,13H2,1-2H3,(H,24,27)/b22-12-. The van der Waals surface area contributed by atoms with E-state index < -0.39 is 0 Å². The molecule has 0 spiro atoms. The molecule has 0 unspecified atom stereocenters. The molecular weight excluding hydrogens is 363 g/mol. The highest BCUT2D eigenvalue weighted by molar-refractivity contribution is 7.71. The lowest BCUT2D eigenvalue weighted by Gasteiger charge is -2.08. The Bertz CT molecular complexity index is 959. The van der Waals surface area contributed by atoms with E-state index in [0.29, 0.717) is 29.5 Å². The van der Waals surface area contributed by atoms with Gasteiger partial charge in [0.2, 0.25) is 4.77 Å². The number of benzene rings is 2. The van der Waals surface area contributed by atoms with Gasteiger partial charge in [-0.1, -0.05) is 26.0 Å². The normalized spacial score (nSPS) is 11.4. The zero-order valence-corrected chi connectivity index (χ0v) is 16.0. The third kappa shape index (κ3) is 5.34. The SMILES string of the molecule is CC(C)COc1ccc(/C=N\n2c(Cc3ccc(F)cc3)n[nH]c2=S)cc1. The number of nitrogens with one attached hydrogen (secondary N) is 1. The molecule has 0 amide bonds. The summed E-state index contributed by atoms with van der Waals surface area (Å²) < 4.78 is 20.7. The predicted octanol–water partition coefficient (Wildman–Crippen LogP) is 4.59. The lowest BCUT2D eigenvalue weighted by molar-refractivity contribution is 0.271. The van der Waals surface area contributed by atoms with Crippen LogP contribution in [0.3, 0.4) is 0 Å². The van der Waals surface area contributed by atoms with Gasteiger partial charge in [0.05, 0.1) is 12.8 Å². The quantitative estimate of drug-likeness (QED) is 0.479. The van der Waals surface area contributed by atoms with Crippen LogP contribution < -0.4 is 4.74 Å². The molecule has 27 heavy (non-hydrogen) atoms. The maximum atomic E-state index is 13.1. The van der Waals surface area contributed by atoms with Gasteiger partial charge < -0.3 is 4.74 Å². The first-order valence-corrected chi connectivity index (χ1v) is 9.10. The molecule has 1 aromatic heterocycles. The Labute approximate surface area is 162 Å². The molecule has 1 heterocycles. The van der Waals surface area contributed by atoms with E-state index >= 15 is 0 Å². The van der Waals surface area contributed by atoms with E-state index in [4.69, 9.17) is 17.0 Å². The van der Waals surface area contributed by atoms with Crippen molar-refractivity contribution in [2.75, 3.05) is 6.61 Å². The highest BCUT2D eigenvalue weighted by Crippen LogP contribution is 2.13. The van der Waals surface area contributed by atoms with E-state index in [1.54, 1.807) is 23.0 Å². The van der Waals surface area contributed by atoms with Gasteiger partial charge in [0.15, 0.2) is 5.82 Å². The average Bonchev–Trinajstić information content (AvgIpc) is 3.00. The van der Waals surface area contributed by atoms with Crippen LogP contribution in [-0.2, 0) is 6.42 Å². The van der Waals surface area contributed by atoms with Crippen LogP contribution in [0.5, 0.6) is 5.75 Å². The van der Waals surface area contributed by atoms with E-state index in [1.807, 2.05) is 24.3 Å². The van der Waals surface area contributed by atoms with Crippen LogP contribution in [0.25, 0.3) is 0 Å². The monoisotopic (exact) mass is 384 g/mol. The lowest BCUT2D eigenvalue weighted by Crippen LogP contribution is -2.04.